The maximum atomic E-state index is 16.4. The first-order valence-electron chi connectivity index (χ1n) is 9.13. The van der Waals surface area contributed by atoms with Gasteiger partial charge in [-0.25, -0.2) is 21.2 Å². The van der Waals surface area contributed by atoms with E-state index in [1.165, 1.54) is 24.3 Å². The van der Waals surface area contributed by atoms with E-state index in [1.807, 2.05) is 0 Å². The van der Waals surface area contributed by atoms with Gasteiger partial charge < -0.3 is 5.11 Å². The van der Waals surface area contributed by atoms with Crippen LogP contribution in [0.2, 0.25) is 0 Å². The first kappa shape index (κ1) is 21.0. The molecule has 0 heterocycles. The van der Waals surface area contributed by atoms with E-state index in [4.69, 9.17) is 0 Å². The molecular weight excluding hydrogens is 403 g/mol. The summed E-state index contributed by atoms with van der Waals surface area (Å²) in [4.78, 5) is -0.868. The molecule has 1 fully saturated rings. The molecule has 1 N–H and O–H groups in total. The van der Waals surface area contributed by atoms with Crippen LogP contribution in [0.25, 0.3) is 0 Å². The second-order valence-electron chi connectivity index (χ2n) is 7.25. The number of hydrogen-bond donors (Lipinski definition) is 1. The Morgan fingerprint density at radius 3 is 1.57 bits per heavy atom. The fraction of sp³-hybridized carbons (Fsp3) is 0.400. The molecule has 2 aromatic rings. The van der Waals surface area contributed by atoms with Gasteiger partial charge in [0.1, 0.15) is 0 Å². The van der Waals surface area contributed by atoms with Crippen LogP contribution in [-0.4, -0.2) is 31.9 Å². The smallest absolute Gasteiger partial charge is 0.320 e. The van der Waals surface area contributed by atoms with E-state index in [0.717, 1.165) is 30.7 Å². The first-order chi connectivity index (χ1) is 13.1. The molecular formula is C20H23FO5S2. The highest BCUT2D eigenvalue weighted by Crippen LogP contribution is 2.46. The van der Waals surface area contributed by atoms with Crippen LogP contribution in [0.4, 0.5) is 4.39 Å². The zero-order valence-corrected chi connectivity index (χ0v) is 16.9. The van der Waals surface area contributed by atoms with Gasteiger partial charge >= 0.3 is 4.33 Å². The largest absolute Gasteiger partial charge is 0.390 e. The lowest BCUT2D eigenvalue weighted by Crippen LogP contribution is -2.49. The Labute approximate surface area is 165 Å². The van der Waals surface area contributed by atoms with Crippen LogP contribution in [0.15, 0.2) is 70.5 Å². The van der Waals surface area contributed by atoms with E-state index in [9.17, 15) is 21.9 Å². The third-order valence-electron chi connectivity index (χ3n) is 5.23. The first-order valence-corrected chi connectivity index (χ1v) is 12.1. The molecule has 0 amide bonds. The maximum Gasteiger partial charge on any atom is 0.320 e. The number of halogens is 1. The molecule has 0 unspecified atom stereocenters. The van der Waals surface area contributed by atoms with Crippen LogP contribution in [0.3, 0.4) is 0 Å². The molecule has 1 aliphatic carbocycles. The average molecular weight is 427 g/mol. The summed E-state index contributed by atoms with van der Waals surface area (Å²) >= 11 is 0. The standard InChI is InChI=1S/C20H23FO5S2/c21-20(16-19(22)14-8-3-9-15-19,27(23,24)17-10-4-1-5-11-17)28(25,26)18-12-6-2-7-13-18/h1-2,4-7,10-13,22H,3,8-9,14-16H2. The monoisotopic (exact) mass is 426 g/mol. The van der Waals surface area contributed by atoms with Crippen molar-refractivity contribution in [3.05, 3.63) is 60.7 Å². The molecule has 0 saturated heterocycles. The summed E-state index contributed by atoms with van der Waals surface area (Å²) in [6.45, 7) is 0. The number of alkyl halides is 1. The zero-order chi connectivity index (χ0) is 20.5. The van der Waals surface area contributed by atoms with Gasteiger partial charge in [-0.05, 0) is 37.1 Å². The summed E-state index contributed by atoms with van der Waals surface area (Å²) in [5, 5.41) is 10.9. The quantitative estimate of drug-likeness (QED) is 0.762. The van der Waals surface area contributed by atoms with Crippen molar-refractivity contribution in [1.29, 1.82) is 0 Å². The third kappa shape index (κ3) is 3.60. The van der Waals surface area contributed by atoms with Gasteiger partial charge in [0.15, 0.2) is 0 Å². The Hall–Kier alpha value is -1.77. The molecule has 0 aromatic heterocycles. The summed E-state index contributed by atoms with van der Waals surface area (Å²) in [5.74, 6) is 0. The van der Waals surface area contributed by atoms with Crippen molar-refractivity contribution in [3.8, 4) is 0 Å². The Morgan fingerprint density at radius 2 is 1.18 bits per heavy atom. The predicted octanol–water partition coefficient (Wildman–Crippen LogP) is 3.64. The Bertz CT molecular complexity index is 943. The van der Waals surface area contributed by atoms with Crippen LogP contribution in [-0.2, 0) is 19.7 Å². The van der Waals surface area contributed by atoms with Crippen molar-refractivity contribution in [1.82, 2.24) is 0 Å². The second kappa shape index (κ2) is 7.57. The van der Waals surface area contributed by atoms with Gasteiger partial charge in [0, 0.05) is 6.42 Å². The maximum absolute atomic E-state index is 16.4. The normalized spacial score (nSPS) is 17.9. The molecule has 0 aliphatic heterocycles. The molecule has 1 saturated carbocycles. The lowest BCUT2D eigenvalue weighted by molar-refractivity contribution is -0.0185. The molecule has 0 atom stereocenters. The van der Waals surface area contributed by atoms with Crippen LogP contribution in [0, 0.1) is 0 Å². The SMILES string of the molecule is O=S(=O)(c1ccccc1)C(F)(CC1(O)CCCCC1)S(=O)(=O)c1ccccc1. The van der Waals surface area contributed by atoms with E-state index in [0.29, 0.717) is 12.8 Å². The number of benzene rings is 2. The van der Waals surface area contributed by atoms with Gasteiger partial charge in [-0.3, -0.25) is 0 Å². The highest BCUT2D eigenvalue weighted by molar-refractivity contribution is 8.10. The summed E-state index contributed by atoms with van der Waals surface area (Å²) in [6, 6.07) is 13.4. The Morgan fingerprint density at radius 1 is 0.786 bits per heavy atom. The van der Waals surface area contributed by atoms with Crippen molar-refractivity contribution < 1.29 is 26.3 Å². The van der Waals surface area contributed by atoms with Crippen molar-refractivity contribution in [3.63, 3.8) is 0 Å². The van der Waals surface area contributed by atoms with E-state index in [-0.39, 0.29) is 12.8 Å². The molecule has 0 radical (unpaired) electrons. The molecule has 1 aliphatic rings. The van der Waals surface area contributed by atoms with Crippen molar-refractivity contribution >= 4 is 19.7 Å². The van der Waals surface area contributed by atoms with Crippen molar-refractivity contribution in [2.45, 2.75) is 58.2 Å². The van der Waals surface area contributed by atoms with E-state index >= 15 is 4.39 Å². The molecule has 2 aromatic carbocycles. The van der Waals surface area contributed by atoms with Crippen LogP contribution in [0.5, 0.6) is 0 Å². The topological polar surface area (TPSA) is 88.5 Å². The number of sulfone groups is 2. The molecule has 152 valence electrons. The highest BCUT2D eigenvalue weighted by atomic mass is 32.3. The molecule has 28 heavy (non-hydrogen) atoms. The Balaban J connectivity index is 2.19. The van der Waals surface area contributed by atoms with E-state index in [1.54, 1.807) is 12.1 Å². The van der Waals surface area contributed by atoms with E-state index in [2.05, 4.69) is 0 Å². The summed E-state index contributed by atoms with van der Waals surface area (Å²) in [5.41, 5.74) is -1.70. The van der Waals surface area contributed by atoms with Gasteiger partial charge in [0.2, 0.25) is 19.7 Å². The lowest BCUT2D eigenvalue weighted by Gasteiger charge is -2.37. The van der Waals surface area contributed by atoms with Gasteiger partial charge in [-0.1, -0.05) is 55.7 Å². The van der Waals surface area contributed by atoms with Crippen molar-refractivity contribution in [2.24, 2.45) is 0 Å². The molecule has 8 heteroatoms. The van der Waals surface area contributed by atoms with Crippen LogP contribution in [0.1, 0.15) is 38.5 Å². The van der Waals surface area contributed by atoms with Gasteiger partial charge in [0.05, 0.1) is 15.4 Å². The number of aliphatic hydroxyl groups is 1. The third-order valence-corrected chi connectivity index (χ3v) is 10.2. The van der Waals surface area contributed by atoms with Gasteiger partial charge in [0.25, 0.3) is 0 Å². The van der Waals surface area contributed by atoms with Gasteiger partial charge in [-0.15, -0.1) is 0 Å². The van der Waals surface area contributed by atoms with Crippen LogP contribution >= 0.6 is 0 Å². The minimum absolute atomic E-state index is 0.160. The number of rotatable bonds is 6. The van der Waals surface area contributed by atoms with Crippen LogP contribution < -0.4 is 0 Å². The summed E-state index contributed by atoms with van der Waals surface area (Å²) in [6.07, 6.45) is 1.31. The predicted molar refractivity (Wildman–Crippen MR) is 104 cm³/mol. The second-order valence-corrected chi connectivity index (χ2v) is 11.8. The highest BCUT2D eigenvalue weighted by Gasteiger charge is 2.60. The summed E-state index contributed by atoms with van der Waals surface area (Å²) in [7, 11) is -9.92. The van der Waals surface area contributed by atoms with E-state index < -0.39 is 45.8 Å². The molecule has 0 bridgehead atoms. The molecule has 5 nitrogen and oxygen atoms in total. The fourth-order valence-corrected chi connectivity index (χ4v) is 8.05. The zero-order valence-electron chi connectivity index (χ0n) is 15.3. The fourth-order valence-electron chi connectivity index (χ4n) is 3.67. The van der Waals surface area contributed by atoms with Crippen molar-refractivity contribution in [2.75, 3.05) is 0 Å². The summed E-state index contributed by atoms with van der Waals surface area (Å²) < 4.78 is 65.6. The van der Waals surface area contributed by atoms with Gasteiger partial charge in [-0.2, -0.15) is 0 Å². The minimum Gasteiger partial charge on any atom is -0.390 e. The average Bonchev–Trinajstić information content (AvgIpc) is 2.69. The Kier molecular flexibility index (Phi) is 5.67. The molecule has 3 rings (SSSR count). The number of hydrogen-bond acceptors (Lipinski definition) is 5. The minimum atomic E-state index is -4.96. The molecule has 0 spiro atoms. The lowest BCUT2D eigenvalue weighted by atomic mass is 9.83.